The lowest BCUT2D eigenvalue weighted by molar-refractivity contribution is -0.126. The maximum Gasteiger partial charge on any atom is 0.258 e. The molecule has 0 spiro atoms. The fourth-order valence-corrected chi connectivity index (χ4v) is 2.77. The van der Waals surface area contributed by atoms with Crippen molar-refractivity contribution in [3.63, 3.8) is 0 Å². The number of carbonyl (C=O) groups excluding carboxylic acids is 2. The van der Waals surface area contributed by atoms with Crippen LogP contribution in [-0.2, 0) is 9.59 Å². The third kappa shape index (κ3) is 4.79. The van der Waals surface area contributed by atoms with Crippen molar-refractivity contribution in [1.82, 2.24) is 0 Å². The minimum absolute atomic E-state index is 0.226. The molecule has 0 aliphatic heterocycles. The molecule has 0 saturated carbocycles. The van der Waals surface area contributed by atoms with Crippen LogP contribution in [0.25, 0.3) is 0 Å². The van der Waals surface area contributed by atoms with Crippen molar-refractivity contribution in [2.24, 2.45) is 10.2 Å². The number of nitrogens with zero attached hydrogens (tertiary/aromatic N) is 2. The summed E-state index contributed by atoms with van der Waals surface area (Å²) in [6, 6.07) is 6.92. The topological polar surface area (TPSA) is 89.4 Å². The van der Waals surface area contributed by atoms with E-state index in [1.165, 1.54) is 33.3 Å². The van der Waals surface area contributed by atoms with Crippen molar-refractivity contribution in [3.05, 3.63) is 45.9 Å². The molecule has 28 heavy (non-hydrogen) atoms. The Kier molecular flexibility index (Phi) is 7.37. The molecule has 1 unspecified atom stereocenters. The van der Waals surface area contributed by atoms with Crippen LogP contribution in [0, 0.1) is 6.92 Å². The highest BCUT2D eigenvalue weighted by Crippen LogP contribution is 2.40. The van der Waals surface area contributed by atoms with Crippen molar-refractivity contribution in [3.8, 4) is 11.5 Å². The molecule has 1 atom stereocenters. The fraction of sp³-hybridized carbons (Fsp3) is 0.263. The average Bonchev–Trinajstić information content (AvgIpc) is 2.65. The minimum atomic E-state index is -1.36. The first-order valence-electron chi connectivity index (χ1n) is 8.17. The number of rotatable bonds is 7. The molecule has 0 radical (unpaired) electrons. The van der Waals surface area contributed by atoms with E-state index < -0.39 is 17.7 Å². The second kappa shape index (κ2) is 9.52. The number of halogens is 2. The standard InChI is InChI=1S/C19H19Cl2N3O4/c1-10-6-5-7-13(15(10)21)23-24-16(11(2)25)19(26)22-14-9-8-12(20)17(27-3)18(14)28-4/h5-9,16H,1-4H3,(H,22,26). The number of ether oxygens (including phenoxy) is 2. The summed E-state index contributed by atoms with van der Waals surface area (Å²) in [5.74, 6) is -0.675. The Morgan fingerprint density at radius 2 is 1.75 bits per heavy atom. The molecule has 1 amide bonds. The normalized spacial score (nSPS) is 11.9. The van der Waals surface area contributed by atoms with Gasteiger partial charge in [0.1, 0.15) is 5.69 Å². The summed E-state index contributed by atoms with van der Waals surface area (Å²) in [5.41, 5.74) is 1.45. The highest BCUT2D eigenvalue weighted by atomic mass is 35.5. The molecule has 7 nitrogen and oxygen atoms in total. The zero-order valence-electron chi connectivity index (χ0n) is 15.7. The van der Waals surface area contributed by atoms with Crippen molar-refractivity contribution in [1.29, 1.82) is 0 Å². The van der Waals surface area contributed by atoms with E-state index in [0.29, 0.717) is 15.7 Å². The number of hydrogen-bond donors (Lipinski definition) is 1. The van der Waals surface area contributed by atoms with Crippen LogP contribution < -0.4 is 14.8 Å². The minimum Gasteiger partial charge on any atom is -0.491 e. The molecule has 0 bridgehead atoms. The molecule has 0 aliphatic rings. The van der Waals surface area contributed by atoms with Crippen molar-refractivity contribution in [2.75, 3.05) is 19.5 Å². The predicted molar refractivity (Wildman–Crippen MR) is 108 cm³/mol. The molecule has 0 heterocycles. The van der Waals surface area contributed by atoms with Gasteiger partial charge in [0.05, 0.1) is 30.0 Å². The van der Waals surface area contributed by atoms with Gasteiger partial charge in [-0.2, -0.15) is 10.2 Å². The molecule has 0 saturated heterocycles. The number of hydrogen-bond acceptors (Lipinski definition) is 6. The summed E-state index contributed by atoms with van der Waals surface area (Å²) in [6.07, 6.45) is 0. The van der Waals surface area contributed by atoms with Crippen LogP contribution in [0.1, 0.15) is 12.5 Å². The largest absolute Gasteiger partial charge is 0.491 e. The Morgan fingerprint density at radius 1 is 1.07 bits per heavy atom. The molecular formula is C19H19Cl2N3O4. The lowest BCUT2D eigenvalue weighted by Gasteiger charge is -2.16. The number of benzene rings is 2. The van der Waals surface area contributed by atoms with Gasteiger partial charge in [-0.05, 0) is 37.6 Å². The van der Waals surface area contributed by atoms with Crippen LogP contribution in [0.4, 0.5) is 11.4 Å². The molecule has 2 aromatic rings. The Hall–Kier alpha value is -2.64. The van der Waals surface area contributed by atoms with Gasteiger partial charge >= 0.3 is 0 Å². The van der Waals surface area contributed by atoms with E-state index in [1.807, 2.05) is 13.0 Å². The van der Waals surface area contributed by atoms with Crippen LogP contribution in [-0.4, -0.2) is 32.0 Å². The number of Topliss-reactive ketones (excluding diaryl/α,β-unsaturated/α-hetero) is 1. The number of nitrogens with one attached hydrogen (secondary N) is 1. The maximum absolute atomic E-state index is 12.6. The molecule has 1 N–H and O–H groups in total. The number of carbonyl (C=O) groups is 2. The van der Waals surface area contributed by atoms with Gasteiger partial charge in [0.15, 0.2) is 17.3 Å². The van der Waals surface area contributed by atoms with Crippen LogP contribution in [0.2, 0.25) is 10.0 Å². The number of azo groups is 1. The molecule has 2 aromatic carbocycles. The van der Waals surface area contributed by atoms with Crippen LogP contribution in [0.3, 0.4) is 0 Å². The van der Waals surface area contributed by atoms with E-state index in [0.717, 1.165) is 5.56 Å². The summed E-state index contributed by atoms with van der Waals surface area (Å²) in [4.78, 5) is 24.6. The van der Waals surface area contributed by atoms with E-state index in [9.17, 15) is 9.59 Å². The van der Waals surface area contributed by atoms with E-state index in [1.54, 1.807) is 12.1 Å². The van der Waals surface area contributed by atoms with Gasteiger partial charge in [-0.1, -0.05) is 35.3 Å². The van der Waals surface area contributed by atoms with Crippen molar-refractivity contribution >= 4 is 46.3 Å². The van der Waals surface area contributed by atoms with Gasteiger partial charge < -0.3 is 14.8 Å². The monoisotopic (exact) mass is 423 g/mol. The second-order valence-electron chi connectivity index (χ2n) is 5.79. The SMILES string of the molecule is COc1c(Cl)ccc(NC(=O)C(N=Nc2cccc(C)c2Cl)C(C)=O)c1OC. The Balaban J connectivity index is 2.31. The molecule has 148 valence electrons. The van der Waals surface area contributed by atoms with E-state index in [2.05, 4.69) is 15.5 Å². The molecule has 0 fully saturated rings. The lowest BCUT2D eigenvalue weighted by Crippen LogP contribution is -2.32. The van der Waals surface area contributed by atoms with Crippen molar-refractivity contribution < 1.29 is 19.1 Å². The maximum atomic E-state index is 12.6. The summed E-state index contributed by atoms with van der Waals surface area (Å²) in [5, 5.41) is 11.2. The van der Waals surface area contributed by atoms with Crippen LogP contribution in [0.15, 0.2) is 40.6 Å². The van der Waals surface area contributed by atoms with E-state index >= 15 is 0 Å². The smallest absolute Gasteiger partial charge is 0.258 e. The quantitative estimate of drug-likeness (QED) is 0.501. The van der Waals surface area contributed by atoms with Crippen LogP contribution in [0.5, 0.6) is 11.5 Å². The number of aryl methyl sites for hydroxylation is 1. The highest BCUT2D eigenvalue weighted by molar-refractivity contribution is 6.33. The zero-order chi connectivity index (χ0) is 20.8. The van der Waals surface area contributed by atoms with Gasteiger partial charge in [0.2, 0.25) is 6.04 Å². The number of ketones is 1. The highest BCUT2D eigenvalue weighted by Gasteiger charge is 2.25. The average molecular weight is 424 g/mol. The molecule has 9 heteroatoms. The first-order valence-corrected chi connectivity index (χ1v) is 8.93. The Morgan fingerprint density at radius 3 is 2.36 bits per heavy atom. The molecule has 2 rings (SSSR count). The third-order valence-corrected chi connectivity index (χ3v) is 4.61. The Labute approximate surface area is 172 Å². The van der Waals surface area contributed by atoms with Gasteiger partial charge in [-0.15, -0.1) is 0 Å². The number of anilines is 1. The predicted octanol–water partition coefficient (Wildman–Crippen LogP) is 5.00. The van der Waals surface area contributed by atoms with Crippen molar-refractivity contribution in [2.45, 2.75) is 19.9 Å². The third-order valence-electron chi connectivity index (χ3n) is 3.82. The second-order valence-corrected chi connectivity index (χ2v) is 6.57. The van der Waals surface area contributed by atoms with Gasteiger partial charge in [0, 0.05) is 0 Å². The van der Waals surface area contributed by atoms with Gasteiger partial charge in [-0.3, -0.25) is 9.59 Å². The summed E-state index contributed by atoms with van der Waals surface area (Å²) in [6.45, 7) is 3.07. The lowest BCUT2D eigenvalue weighted by atomic mass is 10.2. The first kappa shape index (κ1) is 21.7. The van der Waals surface area contributed by atoms with Gasteiger partial charge in [-0.25, -0.2) is 0 Å². The molecular weight excluding hydrogens is 405 g/mol. The first-order chi connectivity index (χ1) is 13.3. The fourth-order valence-electron chi connectivity index (χ4n) is 2.38. The molecule has 0 aromatic heterocycles. The number of amides is 1. The molecule has 0 aliphatic carbocycles. The van der Waals surface area contributed by atoms with E-state index in [-0.39, 0.29) is 17.2 Å². The Bertz CT molecular complexity index is 932. The summed E-state index contributed by atoms with van der Waals surface area (Å²) < 4.78 is 10.5. The summed E-state index contributed by atoms with van der Waals surface area (Å²) in [7, 11) is 2.83. The van der Waals surface area contributed by atoms with E-state index in [4.69, 9.17) is 32.7 Å². The van der Waals surface area contributed by atoms with Crippen LogP contribution >= 0.6 is 23.2 Å². The number of methoxy groups -OCH3 is 2. The van der Waals surface area contributed by atoms with Gasteiger partial charge in [0.25, 0.3) is 5.91 Å². The zero-order valence-corrected chi connectivity index (χ0v) is 17.3. The summed E-state index contributed by atoms with van der Waals surface area (Å²) >= 11 is 12.2.